The summed E-state index contributed by atoms with van der Waals surface area (Å²) in [7, 11) is -2.17. The average molecular weight is 262 g/mol. The lowest BCUT2D eigenvalue weighted by atomic mass is 9.77. The Kier molecular flexibility index (Phi) is 4.64. The van der Waals surface area contributed by atoms with Gasteiger partial charge in [0.05, 0.1) is 12.2 Å². The molecule has 18 heavy (non-hydrogen) atoms. The Bertz CT molecular complexity index is 405. The standard InChI is InChI=1S/C11H14BF3O3/c1-7(2)6-18-8-3-4-10(12(16)17)9(5-8)11(13,14)15/h3-5,7,16-17H,6H2,1-2H3. The van der Waals surface area contributed by atoms with Crippen molar-refractivity contribution in [3.05, 3.63) is 23.8 Å². The molecule has 0 amide bonds. The van der Waals surface area contributed by atoms with E-state index in [0.29, 0.717) is 6.61 Å². The number of rotatable bonds is 4. The summed E-state index contributed by atoms with van der Waals surface area (Å²) in [4.78, 5) is 0. The Balaban J connectivity index is 3.06. The Labute approximate surface area is 103 Å². The van der Waals surface area contributed by atoms with Gasteiger partial charge >= 0.3 is 13.3 Å². The van der Waals surface area contributed by atoms with Crippen molar-refractivity contribution in [2.24, 2.45) is 5.92 Å². The Hall–Kier alpha value is -1.21. The number of hydrogen-bond acceptors (Lipinski definition) is 3. The average Bonchev–Trinajstić information content (AvgIpc) is 2.24. The molecule has 0 saturated heterocycles. The molecule has 0 aromatic heterocycles. The van der Waals surface area contributed by atoms with E-state index in [4.69, 9.17) is 14.8 Å². The fourth-order valence-electron chi connectivity index (χ4n) is 1.36. The van der Waals surface area contributed by atoms with E-state index < -0.39 is 24.3 Å². The molecule has 0 heterocycles. The summed E-state index contributed by atoms with van der Waals surface area (Å²) in [5.41, 5.74) is -1.68. The van der Waals surface area contributed by atoms with Gasteiger partial charge in [0, 0.05) is 0 Å². The molecule has 0 spiro atoms. The van der Waals surface area contributed by atoms with Crippen LogP contribution < -0.4 is 10.2 Å². The van der Waals surface area contributed by atoms with Crippen LogP contribution >= 0.6 is 0 Å². The summed E-state index contributed by atoms with van der Waals surface area (Å²) in [6, 6.07) is 3.06. The maximum atomic E-state index is 12.7. The molecule has 1 aromatic carbocycles. The predicted octanol–water partition coefficient (Wildman–Crippen LogP) is 1.42. The molecule has 3 nitrogen and oxygen atoms in total. The molecule has 0 aliphatic carbocycles. The monoisotopic (exact) mass is 262 g/mol. The molecule has 0 radical (unpaired) electrons. The van der Waals surface area contributed by atoms with Gasteiger partial charge in [0.25, 0.3) is 0 Å². The van der Waals surface area contributed by atoms with Gasteiger partial charge in [0.1, 0.15) is 5.75 Å². The number of ether oxygens (including phenoxy) is 1. The summed E-state index contributed by atoms with van der Waals surface area (Å²) in [5.74, 6) is 0.239. The molecule has 0 aliphatic heterocycles. The van der Waals surface area contributed by atoms with Crippen LogP contribution in [0.15, 0.2) is 18.2 Å². The van der Waals surface area contributed by atoms with Crippen molar-refractivity contribution in [3.8, 4) is 5.75 Å². The minimum atomic E-state index is -4.66. The molecule has 0 saturated carbocycles. The maximum Gasteiger partial charge on any atom is 0.489 e. The van der Waals surface area contributed by atoms with Crippen LogP contribution in [0.2, 0.25) is 0 Å². The van der Waals surface area contributed by atoms with Crippen LogP contribution in [0.25, 0.3) is 0 Å². The maximum absolute atomic E-state index is 12.7. The van der Waals surface area contributed by atoms with Gasteiger partial charge in [0.15, 0.2) is 0 Å². The van der Waals surface area contributed by atoms with Crippen LogP contribution in [0.1, 0.15) is 19.4 Å². The molecule has 0 atom stereocenters. The Morgan fingerprint density at radius 1 is 1.28 bits per heavy atom. The Morgan fingerprint density at radius 2 is 1.89 bits per heavy atom. The SMILES string of the molecule is CC(C)COc1ccc(B(O)O)c(C(F)(F)F)c1. The van der Waals surface area contributed by atoms with Gasteiger partial charge in [-0.2, -0.15) is 13.2 Å². The van der Waals surface area contributed by atoms with E-state index in [0.717, 1.165) is 12.1 Å². The van der Waals surface area contributed by atoms with Crippen molar-refractivity contribution >= 4 is 12.6 Å². The number of benzene rings is 1. The zero-order valence-corrected chi connectivity index (χ0v) is 10.0. The topological polar surface area (TPSA) is 49.7 Å². The van der Waals surface area contributed by atoms with Crippen LogP contribution in [-0.2, 0) is 6.18 Å². The number of hydrogen-bond donors (Lipinski definition) is 2. The van der Waals surface area contributed by atoms with Crippen LogP contribution in [0, 0.1) is 5.92 Å². The lowest BCUT2D eigenvalue weighted by Crippen LogP contribution is -2.36. The number of alkyl halides is 3. The summed E-state index contributed by atoms with van der Waals surface area (Å²) in [5, 5.41) is 17.8. The van der Waals surface area contributed by atoms with Gasteiger partial charge in [-0.15, -0.1) is 0 Å². The van der Waals surface area contributed by atoms with Crippen molar-refractivity contribution in [1.29, 1.82) is 0 Å². The van der Waals surface area contributed by atoms with Gasteiger partial charge in [-0.05, 0) is 23.5 Å². The van der Waals surface area contributed by atoms with Crippen molar-refractivity contribution < 1.29 is 28.0 Å². The summed E-state index contributed by atoms with van der Waals surface area (Å²) >= 11 is 0. The Morgan fingerprint density at radius 3 is 2.33 bits per heavy atom. The second-order valence-corrected chi connectivity index (χ2v) is 4.33. The molecule has 7 heteroatoms. The van der Waals surface area contributed by atoms with Crippen molar-refractivity contribution in [3.63, 3.8) is 0 Å². The predicted molar refractivity (Wildman–Crippen MR) is 61.6 cm³/mol. The van der Waals surface area contributed by atoms with E-state index in [2.05, 4.69) is 0 Å². The fourth-order valence-corrected chi connectivity index (χ4v) is 1.36. The molecule has 2 N–H and O–H groups in total. The van der Waals surface area contributed by atoms with E-state index in [-0.39, 0.29) is 11.7 Å². The van der Waals surface area contributed by atoms with E-state index >= 15 is 0 Å². The van der Waals surface area contributed by atoms with Crippen LogP contribution in [-0.4, -0.2) is 23.8 Å². The third-order valence-electron chi connectivity index (χ3n) is 2.19. The minimum absolute atomic E-state index is 0.0559. The van der Waals surface area contributed by atoms with Crippen molar-refractivity contribution in [2.75, 3.05) is 6.61 Å². The molecule has 1 rings (SSSR count). The largest absolute Gasteiger partial charge is 0.493 e. The number of halogens is 3. The highest BCUT2D eigenvalue weighted by molar-refractivity contribution is 6.59. The summed E-state index contributed by atoms with van der Waals surface area (Å²) in [6.45, 7) is 4.03. The van der Waals surface area contributed by atoms with Gasteiger partial charge in [-0.1, -0.05) is 19.9 Å². The molecule has 0 unspecified atom stereocenters. The lowest BCUT2D eigenvalue weighted by molar-refractivity contribution is -0.137. The zero-order valence-electron chi connectivity index (χ0n) is 10.0. The first-order valence-electron chi connectivity index (χ1n) is 5.42. The molecular weight excluding hydrogens is 248 g/mol. The van der Waals surface area contributed by atoms with Crippen LogP contribution in [0.5, 0.6) is 5.75 Å². The third-order valence-corrected chi connectivity index (χ3v) is 2.19. The van der Waals surface area contributed by atoms with E-state index in [1.54, 1.807) is 0 Å². The van der Waals surface area contributed by atoms with E-state index in [1.165, 1.54) is 6.07 Å². The smallest absolute Gasteiger partial charge is 0.489 e. The highest BCUT2D eigenvalue weighted by atomic mass is 19.4. The zero-order chi connectivity index (χ0) is 13.9. The minimum Gasteiger partial charge on any atom is -0.493 e. The first kappa shape index (κ1) is 14.9. The van der Waals surface area contributed by atoms with E-state index in [1.807, 2.05) is 13.8 Å². The van der Waals surface area contributed by atoms with Crippen LogP contribution in [0.3, 0.4) is 0 Å². The molecular formula is C11H14BF3O3. The highest BCUT2D eigenvalue weighted by Gasteiger charge is 2.36. The molecule has 0 bridgehead atoms. The van der Waals surface area contributed by atoms with Gasteiger partial charge < -0.3 is 14.8 Å². The van der Waals surface area contributed by atoms with Gasteiger partial charge in [0.2, 0.25) is 0 Å². The third kappa shape index (κ3) is 3.92. The first-order chi connectivity index (χ1) is 8.21. The second-order valence-electron chi connectivity index (χ2n) is 4.33. The summed E-state index contributed by atoms with van der Waals surface area (Å²) < 4.78 is 43.3. The van der Waals surface area contributed by atoms with Crippen molar-refractivity contribution in [1.82, 2.24) is 0 Å². The quantitative estimate of drug-likeness (QED) is 0.807. The fraction of sp³-hybridized carbons (Fsp3) is 0.455. The van der Waals surface area contributed by atoms with Crippen molar-refractivity contribution in [2.45, 2.75) is 20.0 Å². The van der Waals surface area contributed by atoms with Gasteiger partial charge in [-0.3, -0.25) is 0 Å². The highest BCUT2D eigenvalue weighted by Crippen LogP contribution is 2.30. The van der Waals surface area contributed by atoms with E-state index in [9.17, 15) is 13.2 Å². The molecule has 100 valence electrons. The summed E-state index contributed by atoms with van der Waals surface area (Å²) in [6.07, 6.45) is -4.66. The van der Waals surface area contributed by atoms with Gasteiger partial charge in [-0.25, -0.2) is 0 Å². The first-order valence-corrected chi connectivity index (χ1v) is 5.42. The normalized spacial score (nSPS) is 11.8. The molecule has 0 aliphatic rings. The second kappa shape index (κ2) is 5.62. The van der Waals surface area contributed by atoms with Crippen LogP contribution in [0.4, 0.5) is 13.2 Å². The lowest BCUT2D eigenvalue weighted by Gasteiger charge is -2.15. The molecule has 0 fully saturated rings. The molecule has 1 aromatic rings.